The van der Waals surface area contributed by atoms with Crippen LogP contribution in [0.25, 0.3) is 33.3 Å². The molecule has 0 saturated carbocycles. The lowest BCUT2D eigenvalue weighted by molar-refractivity contribution is -0.191. The number of hydrogen-bond donors (Lipinski definition) is 1. The van der Waals surface area contributed by atoms with Gasteiger partial charge in [-0.05, 0) is 74.2 Å². The number of nitrogens with zero attached hydrogens (tertiary/aromatic N) is 8. The number of aryl methyl sites for hydroxylation is 4. The maximum absolute atomic E-state index is 14.6. The smallest absolute Gasteiger partial charge is 0.373 e. The number of rotatable bonds is 9. The normalized spacial score (nSPS) is 12.1. The Morgan fingerprint density at radius 2 is 1.22 bits per heavy atom. The summed E-state index contributed by atoms with van der Waals surface area (Å²) in [6.07, 6.45) is 16.2. The predicted octanol–water partition coefficient (Wildman–Crippen LogP) is 7.33. The summed E-state index contributed by atoms with van der Waals surface area (Å²) >= 11 is 0. The fraction of sp³-hybridized carbons (Fsp3) is 0.250. The Morgan fingerprint density at radius 1 is 0.688 bits per heavy atom. The molecule has 8 heterocycles. The van der Waals surface area contributed by atoms with E-state index in [-0.39, 0.29) is 31.1 Å². The molecule has 6 aromatic heterocycles. The van der Waals surface area contributed by atoms with E-state index < -0.39 is 0 Å². The number of ether oxygens (including phenoxy) is 2. The molecule has 326 valence electrons. The third kappa shape index (κ3) is 8.68. The molecule has 1 N–H and O–H groups in total. The van der Waals surface area contributed by atoms with Crippen molar-refractivity contribution in [2.45, 2.75) is 59.8 Å². The zero-order valence-corrected chi connectivity index (χ0v) is 34.7. The van der Waals surface area contributed by atoms with Gasteiger partial charge in [-0.25, -0.2) is 28.7 Å². The highest BCUT2D eigenvalue weighted by atomic mass is 19.1. The number of hydrogen-bond acceptors (Lipinski definition) is 11. The molecule has 0 unspecified atom stereocenters. The number of fused-ring (bicyclic) bond motifs is 4. The average molecular weight is 866 g/mol. The van der Waals surface area contributed by atoms with E-state index >= 15 is 0 Å². The zero-order valence-electron chi connectivity index (χ0n) is 34.7. The quantitative estimate of drug-likeness (QED) is 0.154. The van der Waals surface area contributed by atoms with Crippen LogP contribution in [0.5, 0.6) is 11.5 Å². The van der Waals surface area contributed by atoms with Gasteiger partial charge >= 0.3 is 6.15 Å². The summed E-state index contributed by atoms with van der Waals surface area (Å²) in [5.74, 6) is 2.43. The summed E-state index contributed by atoms with van der Waals surface area (Å²) in [6.45, 7) is 5.09. The monoisotopic (exact) mass is 865 g/mol. The van der Waals surface area contributed by atoms with E-state index in [9.17, 15) is 13.6 Å². The average Bonchev–Trinajstić information content (AvgIpc) is 4.14. The van der Waals surface area contributed by atoms with Crippen LogP contribution in [0.4, 0.5) is 8.78 Å². The first kappa shape index (κ1) is 44.3. The summed E-state index contributed by atoms with van der Waals surface area (Å²) in [7, 11) is 1.57. The van der Waals surface area contributed by atoms with Gasteiger partial charge in [0.1, 0.15) is 47.4 Å². The number of imidazole rings is 2. The van der Waals surface area contributed by atoms with Crippen LogP contribution in [0.15, 0.2) is 92.2 Å². The second-order valence-corrected chi connectivity index (χ2v) is 14.8. The zero-order chi connectivity index (χ0) is 44.0. The Labute approximate surface area is 367 Å². The molecule has 0 radical (unpaired) electrons. The van der Waals surface area contributed by atoms with Gasteiger partial charge in [-0.1, -0.05) is 19.6 Å². The van der Waals surface area contributed by atoms with E-state index in [2.05, 4.69) is 35.2 Å². The van der Waals surface area contributed by atoms with Gasteiger partial charge < -0.3 is 14.8 Å². The lowest BCUT2D eigenvalue weighted by Gasteiger charge is -2.13. The highest BCUT2D eigenvalue weighted by Gasteiger charge is 2.24. The topological polar surface area (TPSA) is 168 Å². The van der Waals surface area contributed by atoms with Crippen molar-refractivity contribution in [1.82, 2.24) is 44.0 Å². The first-order valence-electron chi connectivity index (χ1n) is 20.3. The van der Waals surface area contributed by atoms with E-state index in [0.29, 0.717) is 67.9 Å². The van der Waals surface area contributed by atoms with Crippen LogP contribution < -0.4 is 14.8 Å². The van der Waals surface area contributed by atoms with Crippen molar-refractivity contribution in [3.8, 4) is 33.8 Å². The third-order valence-corrected chi connectivity index (χ3v) is 11.3. The molecule has 10 rings (SSSR count). The van der Waals surface area contributed by atoms with Crippen LogP contribution in [0.1, 0.15) is 63.2 Å². The van der Waals surface area contributed by atoms with E-state index in [1.54, 1.807) is 50.4 Å². The van der Waals surface area contributed by atoms with Gasteiger partial charge in [0.25, 0.3) is 5.91 Å². The summed E-state index contributed by atoms with van der Waals surface area (Å²) in [5.41, 5.74) is 10.7. The van der Waals surface area contributed by atoms with Gasteiger partial charge in [-0.15, -0.1) is 0 Å². The van der Waals surface area contributed by atoms with Crippen LogP contribution in [-0.2, 0) is 48.1 Å². The molecule has 1 amide bonds. The molecule has 2 aliphatic heterocycles. The summed E-state index contributed by atoms with van der Waals surface area (Å²) in [6, 6.07) is 14.1. The van der Waals surface area contributed by atoms with Crippen molar-refractivity contribution < 1.29 is 32.6 Å². The number of carbonyl (C=O) groups is 1. The first-order valence-corrected chi connectivity index (χ1v) is 20.3. The molecule has 0 spiro atoms. The van der Waals surface area contributed by atoms with Crippen molar-refractivity contribution in [3.63, 3.8) is 0 Å². The maximum Gasteiger partial charge on any atom is 0.373 e. The Balaban J connectivity index is 0.000000179. The number of carbonyl (C=O) groups excluding carboxylic acids is 3. The Kier molecular flexibility index (Phi) is 13.6. The minimum absolute atomic E-state index is 0. The Morgan fingerprint density at radius 3 is 1.77 bits per heavy atom. The van der Waals surface area contributed by atoms with Crippen molar-refractivity contribution in [2.24, 2.45) is 0 Å². The molecule has 2 aliphatic rings. The van der Waals surface area contributed by atoms with Gasteiger partial charge in [0.05, 0.1) is 30.4 Å². The maximum atomic E-state index is 14.6. The molecule has 2 aromatic carbocycles. The van der Waals surface area contributed by atoms with Crippen molar-refractivity contribution in [2.75, 3.05) is 20.3 Å². The minimum Gasteiger partial charge on any atom is -0.493 e. The van der Waals surface area contributed by atoms with Gasteiger partial charge in [-0.3, -0.25) is 23.6 Å². The molecular weight excluding hydrogens is 821 g/mol. The van der Waals surface area contributed by atoms with Crippen LogP contribution >= 0.6 is 0 Å². The minimum atomic E-state index is -0.281. The summed E-state index contributed by atoms with van der Waals surface area (Å²) in [5, 5.41) is 2.65. The van der Waals surface area contributed by atoms with Gasteiger partial charge in [0, 0.05) is 102 Å². The Bertz CT molecular complexity index is 3030. The van der Waals surface area contributed by atoms with Crippen LogP contribution in [0, 0.1) is 25.5 Å². The summed E-state index contributed by atoms with van der Waals surface area (Å²) in [4.78, 5) is 55.6. The van der Waals surface area contributed by atoms with Gasteiger partial charge in [0.2, 0.25) is 0 Å². The van der Waals surface area contributed by atoms with Crippen LogP contribution in [-0.4, -0.2) is 71.0 Å². The van der Waals surface area contributed by atoms with Crippen molar-refractivity contribution in [1.29, 1.82) is 0 Å². The number of pyridine rings is 2. The number of aromatic nitrogens is 8. The highest BCUT2D eigenvalue weighted by molar-refractivity contribution is 6.03. The fourth-order valence-corrected chi connectivity index (χ4v) is 8.27. The number of nitrogens with one attached hydrogen (secondary N) is 1. The van der Waals surface area contributed by atoms with E-state index in [0.717, 1.165) is 79.6 Å². The number of amides is 1. The predicted molar refractivity (Wildman–Crippen MR) is 233 cm³/mol. The molecule has 0 aliphatic carbocycles. The van der Waals surface area contributed by atoms with E-state index in [1.807, 2.05) is 59.3 Å². The second-order valence-electron chi connectivity index (χ2n) is 14.8. The molecule has 0 atom stereocenters. The molecule has 0 fully saturated rings. The van der Waals surface area contributed by atoms with Crippen LogP contribution in [0.3, 0.4) is 0 Å². The van der Waals surface area contributed by atoms with Crippen molar-refractivity contribution in [3.05, 3.63) is 155 Å². The largest absolute Gasteiger partial charge is 0.493 e. The Hall–Kier alpha value is -7.71. The molecule has 0 bridgehead atoms. The molecular formula is C48H45F2N9O5. The number of halogens is 2. The third-order valence-electron chi connectivity index (χ3n) is 11.3. The fourth-order valence-electron chi connectivity index (χ4n) is 8.27. The van der Waals surface area contributed by atoms with Gasteiger partial charge in [0.15, 0.2) is 5.69 Å². The van der Waals surface area contributed by atoms with Crippen molar-refractivity contribution >= 4 is 23.1 Å². The molecule has 16 heteroatoms. The number of benzene rings is 2. The van der Waals surface area contributed by atoms with E-state index in [4.69, 9.17) is 19.1 Å². The molecule has 64 heavy (non-hydrogen) atoms. The molecule has 0 saturated heterocycles. The second kappa shape index (κ2) is 19.6. The van der Waals surface area contributed by atoms with Gasteiger partial charge in [-0.2, -0.15) is 9.59 Å². The first-order chi connectivity index (χ1) is 30.7. The molecule has 8 aromatic rings. The molecule has 14 nitrogen and oxygen atoms in total. The lowest BCUT2D eigenvalue weighted by Crippen LogP contribution is -2.19. The standard InChI is InChI=1S/C24H22FN5O2.C22H19FN4O.CO2.CH4/c1-14-15(4-3-10-27-14)18-12-28-21(30-13-29-22(23(18)30)24(31)26-2)8-5-16-17-9-11-32-20(17)7-6-19(16)25;1-14-15(3-2-9-25-14)18-11-26-22(27-13-24-12-20(18)27)7-4-16-17-8-10-28-21(17)6-5-19(16)23;2-1-3;/h3-4,6-7,10,12-13H,5,8-9,11H2,1-2H3,(H,26,31);2-3,5-6,9,11-13H,4,7-8,10H2,1H3;;1H4. The lowest BCUT2D eigenvalue weighted by atomic mass is 9.99. The highest BCUT2D eigenvalue weighted by Crippen LogP contribution is 2.34. The van der Waals surface area contributed by atoms with E-state index in [1.165, 1.54) is 12.1 Å². The summed E-state index contributed by atoms with van der Waals surface area (Å²) < 4.78 is 44.0. The van der Waals surface area contributed by atoms with Crippen LogP contribution in [0.2, 0.25) is 0 Å². The SMILES string of the molecule is C.CNC(=O)c1ncn2c(CCc3c(F)ccc4c3CCO4)ncc(-c3cccnc3C)c12.Cc1ncccc1-c1cnc(CCc2c(F)ccc3c2CCO3)n2cncc12.O=C=O.